The number of carbonyl (C=O) groups is 2. The normalized spacial score (nSPS) is 22.4. The number of likely N-dealkylation sites (tertiary alicyclic amines) is 1. The molecule has 5 aromatic rings. The number of hydrogen-bond donors (Lipinski definition) is 1. The molecule has 3 aromatic carbocycles. The Morgan fingerprint density at radius 3 is 2.28 bits per heavy atom. The summed E-state index contributed by atoms with van der Waals surface area (Å²) in [6.07, 6.45) is 9.77. The van der Waals surface area contributed by atoms with Crippen molar-refractivity contribution in [1.82, 2.24) is 34.7 Å². The number of piperidine rings is 2. The van der Waals surface area contributed by atoms with Crippen LogP contribution in [0.4, 0.5) is 26.0 Å². The van der Waals surface area contributed by atoms with Gasteiger partial charge in [0.2, 0.25) is 5.91 Å². The molecule has 11 rings (SSSR count). The van der Waals surface area contributed by atoms with E-state index in [4.69, 9.17) is 14.6 Å². The summed E-state index contributed by atoms with van der Waals surface area (Å²) in [6, 6.07) is 19.8. The Morgan fingerprint density at radius 2 is 1.64 bits per heavy atom. The molecule has 74 heavy (non-hydrogen) atoms. The SMILES string of the molecule is COc1cc(OC2C(C)(C)C(NC(=O)c3ccc(N4CCC5(CC4)CC(N4CCC(n6nc(N7CCCc8cc(-c9cnn(C)c9)c(C(F)F)cc87)c7c6CCN(C(C)=O)C7)CC4)C5)cc3)C2(C)C)ccc1C#N. The lowest BCUT2D eigenvalue weighted by molar-refractivity contribution is -0.164. The van der Waals surface area contributed by atoms with Gasteiger partial charge in [0.05, 0.1) is 31.5 Å². The Labute approximate surface area is 433 Å². The van der Waals surface area contributed by atoms with E-state index in [1.807, 2.05) is 23.1 Å². The molecule has 6 aliphatic rings. The second kappa shape index (κ2) is 19.0. The van der Waals surface area contributed by atoms with Crippen LogP contribution in [0.15, 0.2) is 67.0 Å². The average Bonchev–Trinajstić information content (AvgIpc) is 4.02. The first-order valence-corrected chi connectivity index (χ1v) is 26.7. The van der Waals surface area contributed by atoms with Crippen molar-refractivity contribution in [3.63, 3.8) is 0 Å². The number of fused-ring (bicyclic) bond motifs is 2. The Kier molecular flexibility index (Phi) is 12.8. The fourth-order valence-electron chi connectivity index (χ4n) is 14.2. The van der Waals surface area contributed by atoms with Crippen LogP contribution in [-0.4, -0.2) is 106 Å². The predicted molar refractivity (Wildman–Crippen MR) is 280 cm³/mol. The van der Waals surface area contributed by atoms with Crippen LogP contribution in [0.5, 0.6) is 11.5 Å². The number of nitrogens with zero attached hydrogens (tertiary/aromatic N) is 9. The van der Waals surface area contributed by atoms with Gasteiger partial charge in [-0.05, 0) is 116 Å². The minimum Gasteiger partial charge on any atom is -0.495 e. The first-order chi connectivity index (χ1) is 35.5. The molecule has 390 valence electrons. The highest BCUT2D eigenvalue weighted by atomic mass is 19.3. The third-order valence-corrected chi connectivity index (χ3v) is 18.1. The smallest absolute Gasteiger partial charge is 0.264 e. The summed E-state index contributed by atoms with van der Waals surface area (Å²) >= 11 is 0. The molecule has 0 atom stereocenters. The van der Waals surface area contributed by atoms with Gasteiger partial charge in [0.25, 0.3) is 12.3 Å². The summed E-state index contributed by atoms with van der Waals surface area (Å²) in [5.41, 5.74) is 7.17. The standard InChI is InChI=1S/C58H70F2N10O4/c1-36(71)68-24-18-48-47(35-68)52(69-21-8-9-38-27-45(40-33-62-65(6)34-40)46(51(59)60)29-49(38)69)64-70(48)42-16-22-66(23-17-42)43-30-58(31-43)19-25-67(26-20-58)41-13-10-37(11-14-41)53(72)63-54-56(2,3)55(57(54,4)5)74-44-15-12-39(32-61)50(28-44)73-7/h10-15,27-29,33-34,42-43,51,54-55H,8-9,16-26,30-31,35H2,1-7H3,(H,63,72). The molecular weight excluding hydrogens is 939 g/mol. The first kappa shape index (κ1) is 49.7. The molecule has 2 saturated carbocycles. The van der Waals surface area contributed by atoms with Crippen molar-refractivity contribution < 1.29 is 27.8 Å². The molecule has 16 heteroatoms. The van der Waals surface area contributed by atoms with Crippen molar-refractivity contribution in [2.75, 3.05) is 56.2 Å². The van der Waals surface area contributed by atoms with E-state index in [-0.39, 0.29) is 46.4 Å². The van der Waals surface area contributed by atoms with Crippen LogP contribution < -0.4 is 24.6 Å². The number of benzene rings is 3. The maximum atomic E-state index is 14.8. The molecule has 0 bridgehead atoms. The summed E-state index contributed by atoms with van der Waals surface area (Å²) in [5, 5.41) is 22.4. The van der Waals surface area contributed by atoms with Gasteiger partial charge in [-0.3, -0.25) is 19.0 Å². The van der Waals surface area contributed by atoms with Crippen molar-refractivity contribution >= 4 is 29.0 Å². The maximum Gasteiger partial charge on any atom is 0.264 e. The highest BCUT2D eigenvalue weighted by Crippen LogP contribution is 2.56. The van der Waals surface area contributed by atoms with Crippen LogP contribution >= 0.6 is 0 Å². The highest BCUT2D eigenvalue weighted by molar-refractivity contribution is 5.95. The number of amides is 2. The number of nitrogens with one attached hydrogen (secondary N) is 1. The Bertz CT molecular complexity index is 2970. The monoisotopic (exact) mass is 1010 g/mol. The summed E-state index contributed by atoms with van der Waals surface area (Å²) in [5.74, 6) is 1.85. The zero-order chi connectivity index (χ0) is 51.8. The van der Waals surface area contributed by atoms with Gasteiger partial charge in [0.1, 0.15) is 23.7 Å². The molecule has 6 heterocycles. The minimum absolute atomic E-state index is 0.00339. The van der Waals surface area contributed by atoms with Crippen LogP contribution in [-0.2, 0) is 31.2 Å². The molecule has 4 aliphatic heterocycles. The van der Waals surface area contributed by atoms with Gasteiger partial charge in [-0.15, -0.1) is 0 Å². The van der Waals surface area contributed by atoms with Crippen molar-refractivity contribution in [3.05, 3.63) is 101 Å². The molecule has 2 saturated heterocycles. The molecule has 1 N–H and O–H groups in total. The number of carbonyl (C=O) groups excluding carboxylic acids is 2. The van der Waals surface area contributed by atoms with E-state index in [1.165, 1.54) is 18.5 Å². The lowest BCUT2D eigenvalue weighted by atomic mass is 9.49. The second-order valence-corrected chi connectivity index (χ2v) is 23.3. The minimum atomic E-state index is -2.65. The van der Waals surface area contributed by atoms with Crippen LogP contribution in [0, 0.1) is 27.6 Å². The van der Waals surface area contributed by atoms with E-state index in [1.54, 1.807) is 62.4 Å². The molecule has 2 amide bonds. The van der Waals surface area contributed by atoms with Crippen LogP contribution in [0.2, 0.25) is 0 Å². The van der Waals surface area contributed by atoms with Gasteiger partial charge >= 0.3 is 0 Å². The van der Waals surface area contributed by atoms with Gasteiger partial charge in [-0.2, -0.15) is 15.5 Å². The van der Waals surface area contributed by atoms with E-state index < -0.39 is 6.43 Å². The van der Waals surface area contributed by atoms with E-state index in [0.29, 0.717) is 64.8 Å². The number of methoxy groups -OCH3 is 1. The predicted octanol–water partition coefficient (Wildman–Crippen LogP) is 9.79. The molecule has 1 spiro atoms. The summed E-state index contributed by atoms with van der Waals surface area (Å²) in [4.78, 5) is 35.7. The zero-order valence-electron chi connectivity index (χ0n) is 44.0. The molecule has 0 radical (unpaired) electrons. The van der Waals surface area contributed by atoms with Crippen molar-refractivity contribution in [1.29, 1.82) is 5.26 Å². The van der Waals surface area contributed by atoms with Crippen molar-refractivity contribution in [3.8, 4) is 28.7 Å². The van der Waals surface area contributed by atoms with Gasteiger partial charge in [-0.25, -0.2) is 8.78 Å². The molecule has 2 aromatic heterocycles. The second-order valence-electron chi connectivity index (χ2n) is 23.3. The third-order valence-electron chi connectivity index (χ3n) is 18.1. The van der Waals surface area contributed by atoms with E-state index in [0.717, 1.165) is 99.4 Å². The number of nitriles is 1. The molecular formula is C58H70F2N10O4. The van der Waals surface area contributed by atoms with Crippen LogP contribution in [0.3, 0.4) is 0 Å². The van der Waals surface area contributed by atoms with Crippen molar-refractivity contribution in [2.45, 2.75) is 130 Å². The van der Waals surface area contributed by atoms with Crippen molar-refractivity contribution in [2.24, 2.45) is 23.3 Å². The summed E-state index contributed by atoms with van der Waals surface area (Å²) in [7, 11) is 3.34. The van der Waals surface area contributed by atoms with Gasteiger partial charge in [0, 0.05) is 134 Å². The van der Waals surface area contributed by atoms with Crippen LogP contribution in [0.1, 0.15) is 130 Å². The molecule has 2 aliphatic carbocycles. The van der Waals surface area contributed by atoms with Crippen LogP contribution in [0.25, 0.3) is 11.1 Å². The number of alkyl halides is 2. The molecule has 14 nitrogen and oxygen atoms in total. The maximum absolute atomic E-state index is 14.8. The molecule has 0 unspecified atom stereocenters. The average molecular weight is 1010 g/mol. The summed E-state index contributed by atoms with van der Waals surface area (Å²) < 4.78 is 45.4. The lowest BCUT2D eigenvalue weighted by Crippen LogP contribution is -2.74. The number of aromatic nitrogens is 4. The fourth-order valence-corrected chi connectivity index (χ4v) is 14.2. The quantitative estimate of drug-likeness (QED) is 0.136. The van der Waals surface area contributed by atoms with E-state index >= 15 is 0 Å². The Hall–Kier alpha value is -6.47. The largest absolute Gasteiger partial charge is 0.495 e. The van der Waals surface area contributed by atoms with Gasteiger partial charge in [0.15, 0.2) is 5.82 Å². The van der Waals surface area contributed by atoms with E-state index in [9.17, 15) is 23.6 Å². The molecule has 4 fully saturated rings. The Balaban J connectivity index is 0.694. The lowest BCUT2D eigenvalue weighted by Gasteiger charge is -2.63. The number of hydrogen-bond acceptors (Lipinski definition) is 10. The number of ether oxygens (including phenoxy) is 2. The zero-order valence-corrected chi connectivity index (χ0v) is 44.0. The number of anilines is 3. The topological polar surface area (TPSA) is 137 Å². The number of aryl methyl sites for hydroxylation is 2. The fraction of sp³-hybridized carbons (Fsp3) is 0.534. The first-order valence-electron chi connectivity index (χ1n) is 26.7. The Morgan fingerprint density at radius 1 is 0.905 bits per heavy atom. The summed E-state index contributed by atoms with van der Waals surface area (Å²) in [6.45, 7) is 15.9. The van der Waals surface area contributed by atoms with Gasteiger partial charge < -0.3 is 34.4 Å². The third kappa shape index (κ3) is 8.76. The van der Waals surface area contributed by atoms with Gasteiger partial charge in [-0.1, -0.05) is 27.7 Å². The number of halogens is 2. The number of rotatable bonds is 11. The highest BCUT2D eigenvalue weighted by Gasteiger charge is 2.64. The van der Waals surface area contributed by atoms with E-state index in [2.05, 4.69) is 75.7 Å².